The van der Waals surface area contributed by atoms with Crippen molar-refractivity contribution in [3.63, 3.8) is 0 Å². The van der Waals surface area contributed by atoms with Crippen molar-refractivity contribution < 1.29 is 9.59 Å². The Morgan fingerprint density at radius 3 is 2.20 bits per heavy atom. The molecule has 2 fully saturated rings. The number of carbonyl (C=O) groups is 2. The third kappa shape index (κ3) is 4.66. The van der Waals surface area contributed by atoms with Gasteiger partial charge in [-0.05, 0) is 37.5 Å². The van der Waals surface area contributed by atoms with E-state index in [2.05, 4.69) is 4.90 Å². The van der Waals surface area contributed by atoms with Crippen LogP contribution in [-0.2, 0) is 4.79 Å². The van der Waals surface area contributed by atoms with Crippen LogP contribution in [0.15, 0.2) is 18.2 Å². The first-order chi connectivity index (χ1) is 12.0. The highest BCUT2D eigenvalue weighted by molar-refractivity contribution is 6.36. The quantitative estimate of drug-likeness (QED) is 0.805. The molecule has 3 rings (SSSR count). The van der Waals surface area contributed by atoms with Crippen LogP contribution in [0.5, 0.6) is 0 Å². The second kappa shape index (κ2) is 8.39. The van der Waals surface area contributed by atoms with E-state index >= 15 is 0 Å². The van der Waals surface area contributed by atoms with Crippen molar-refractivity contribution in [2.45, 2.75) is 19.3 Å². The van der Waals surface area contributed by atoms with Gasteiger partial charge >= 0.3 is 0 Å². The lowest BCUT2D eigenvalue weighted by Gasteiger charge is -2.36. The largest absolute Gasteiger partial charge is 0.342 e. The molecule has 2 aliphatic heterocycles. The van der Waals surface area contributed by atoms with Crippen LogP contribution in [0.2, 0.25) is 10.0 Å². The van der Waals surface area contributed by atoms with Crippen LogP contribution in [0.25, 0.3) is 0 Å². The van der Waals surface area contributed by atoms with E-state index in [0.717, 1.165) is 25.9 Å². The highest BCUT2D eigenvalue weighted by Crippen LogP contribution is 2.23. The Labute approximate surface area is 158 Å². The Kier molecular flexibility index (Phi) is 6.20. The molecule has 7 heteroatoms. The molecule has 0 atom stereocenters. The molecule has 25 heavy (non-hydrogen) atoms. The molecule has 1 aromatic rings. The number of hydrogen-bond acceptors (Lipinski definition) is 3. The summed E-state index contributed by atoms with van der Waals surface area (Å²) in [7, 11) is 0. The highest BCUT2D eigenvalue weighted by atomic mass is 35.5. The number of nitrogens with zero attached hydrogens (tertiary/aromatic N) is 3. The highest BCUT2D eigenvalue weighted by Gasteiger charge is 2.26. The molecule has 0 aliphatic carbocycles. The Hall–Kier alpha value is -1.30. The summed E-state index contributed by atoms with van der Waals surface area (Å²) in [5.74, 6) is 0.129. The van der Waals surface area contributed by atoms with Gasteiger partial charge in [0.1, 0.15) is 0 Å². The van der Waals surface area contributed by atoms with Crippen LogP contribution in [0.4, 0.5) is 0 Å². The van der Waals surface area contributed by atoms with Crippen LogP contribution in [0, 0.1) is 0 Å². The van der Waals surface area contributed by atoms with E-state index in [1.165, 1.54) is 6.42 Å². The van der Waals surface area contributed by atoms with E-state index in [4.69, 9.17) is 23.2 Å². The fourth-order valence-corrected chi connectivity index (χ4v) is 3.87. The lowest BCUT2D eigenvalue weighted by molar-refractivity contribution is -0.133. The SMILES string of the molecule is O=C(CN1CCN(C(=O)c2ccc(Cl)cc2Cl)CC1)N1CCCCC1. The molecule has 0 unspecified atom stereocenters. The topological polar surface area (TPSA) is 43.9 Å². The molecule has 136 valence electrons. The summed E-state index contributed by atoms with van der Waals surface area (Å²) in [6, 6.07) is 4.93. The molecule has 0 aromatic heterocycles. The van der Waals surface area contributed by atoms with Gasteiger partial charge in [0.25, 0.3) is 5.91 Å². The van der Waals surface area contributed by atoms with E-state index in [1.54, 1.807) is 23.1 Å². The van der Waals surface area contributed by atoms with Gasteiger partial charge in [-0.25, -0.2) is 0 Å². The van der Waals surface area contributed by atoms with Gasteiger partial charge in [-0.1, -0.05) is 23.2 Å². The van der Waals surface area contributed by atoms with Gasteiger partial charge in [-0.2, -0.15) is 0 Å². The second-order valence-electron chi connectivity index (χ2n) is 6.63. The third-order valence-electron chi connectivity index (χ3n) is 4.89. The maximum atomic E-state index is 12.6. The maximum absolute atomic E-state index is 12.6. The number of halogens is 2. The molecule has 5 nitrogen and oxygen atoms in total. The molecule has 0 radical (unpaired) electrons. The Morgan fingerprint density at radius 1 is 0.880 bits per heavy atom. The zero-order chi connectivity index (χ0) is 17.8. The van der Waals surface area contributed by atoms with Gasteiger partial charge in [0, 0.05) is 44.3 Å². The van der Waals surface area contributed by atoms with Crippen molar-refractivity contribution in [2.24, 2.45) is 0 Å². The van der Waals surface area contributed by atoms with Crippen molar-refractivity contribution in [3.05, 3.63) is 33.8 Å². The first-order valence-corrected chi connectivity index (χ1v) is 9.54. The number of benzene rings is 1. The predicted molar refractivity (Wildman–Crippen MR) is 99.2 cm³/mol. The third-order valence-corrected chi connectivity index (χ3v) is 5.44. The summed E-state index contributed by atoms with van der Waals surface area (Å²) in [6.45, 7) is 4.83. The van der Waals surface area contributed by atoms with Gasteiger partial charge in [0.15, 0.2) is 0 Å². The van der Waals surface area contributed by atoms with Gasteiger partial charge in [0.2, 0.25) is 5.91 Å². The van der Waals surface area contributed by atoms with E-state index in [1.807, 2.05) is 4.90 Å². The number of carbonyl (C=O) groups excluding carboxylic acids is 2. The average Bonchev–Trinajstić information content (AvgIpc) is 2.62. The van der Waals surface area contributed by atoms with Crippen LogP contribution in [0.3, 0.4) is 0 Å². The van der Waals surface area contributed by atoms with E-state index in [0.29, 0.717) is 48.3 Å². The number of hydrogen-bond donors (Lipinski definition) is 0. The number of likely N-dealkylation sites (tertiary alicyclic amines) is 1. The number of amides is 2. The number of rotatable bonds is 3. The standard InChI is InChI=1S/C18H23Cl2N3O2/c19-14-4-5-15(16(20)12-14)18(25)23-10-8-21(9-11-23)13-17(24)22-6-2-1-3-7-22/h4-5,12H,1-3,6-11,13H2. The van der Waals surface area contributed by atoms with E-state index < -0.39 is 0 Å². The molecule has 2 saturated heterocycles. The molecule has 0 bridgehead atoms. The van der Waals surface area contributed by atoms with E-state index in [9.17, 15) is 9.59 Å². The summed E-state index contributed by atoms with van der Waals surface area (Å²) in [4.78, 5) is 30.9. The molecule has 2 heterocycles. The van der Waals surface area contributed by atoms with Crippen LogP contribution in [-0.4, -0.2) is 72.3 Å². The maximum Gasteiger partial charge on any atom is 0.255 e. The fraction of sp³-hybridized carbons (Fsp3) is 0.556. The molecule has 1 aromatic carbocycles. The monoisotopic (exact) mass is 383 g/mol. The van der Waals surface area contributed by atoms with Gasteiger partial charge in [-0.15, -0.1) is 0 Å². The minimum absolute atomic E-state index is 0.0799. The molecule has 2 amide bonds. The minimum atomic E-state index is -0.0799. The Bertz CT molecular complexity index is 639. The Balaban J connectivity index is 1.51. The number of piperidine rings is 1. The van der Waals surface area contributed by atoms with Gasteiger partial charge < -0.3 is 9.80 Å². The predicted octanol–water partition coefficient (Wildman–Crippen LogP) is 2.76. The van der Waals surface area contributed by atoms with Crippen molar-refractivity contribution in [3.8, 4) is 0 Å². The summed E-state index contributed by atoms with van der Waals surface area (Å²) < 4.78 is 0. The van der Waals surface area contributed by atoms with Crippen LogP contribution < -0.4 is 0 Å². The summed E-state index contributed by atoms with van der Waals surface area (Å²) in [5, 5.41) is 0.891. The van der Waals surface area contributed by atoms with Crippen molar-refractivity contribution in [1.29, 1.82) is 0 Å². The first-order valence-electron chi connectivity index (χ1n) is 8.79. The van der Waals surface area contributed by atoms with Gasteiger partial charge in [-0.3, -0.25) is 14.5 Å². The zero-order valence-corrected chi connectivity index (χ0v) is 15.7. The first kappa shape index (κ1) is 18.5. The summed E-state index contributed by atoms with van der Waals surface area (Å²) in [5.41, 5.74) is 0.476. The molecule has 0 saturated carbocycles. The fourth-order valence-electron chi connectivity index (χ4n) is 3.38. The molecule has 0 N–H and O–H groups in total. The second-order valence-corrected chi connectivity index (χ2v) is 7.48. The molecule has 0 spiro atoms. The zero-order valence-electron chi connectivity index (χ0n) is 14.2. The van der Waals surface area contributed by atoms with Crippen LogP contribution >= 0.6 is 23.2 Å². The van der Waals surface area contributed by atoms with Crippen LogP contribution in [0.1, 0.15) is 29.6 Å². The van der Waals surface area contributed by atoms with Crippen molar-refractivity contribution >= 4 is 35.0 Å². The molecule has 2 aliphatic rings. The smallest absolute Gasteiger partial charge is 0.255 e. The number of piperazine rings is 1. The van der Waals surface area contributed by atoms with Crippen molar-refractivity contribution in [1.82, 2.24) is 14.7 Å². The summed E-state index contributed by atoms with van der Waals surface area (Å²) >= 11 is 12.0. The summed E-state index contributed by atoms with van der Waals surface area (Å²) in [6.07, 6.45) is 3.43. The normalized spacial score (nSPS) is 19.1. The van der Waals surface area contributed by atoms with Crippen molar-refractivity contribution in [2.75, 3.05) is 45.8 Å². The lowest BCUT2D eigenvalue weighted by Crippen LogP contribution is -2.52. The molecular formula is C18H23Cl2N3O2. The Morgan fingerprint density at radius 2 is 1.56 bits per heavy atom. The molecular weight excluding hydrogens is 361 g/mol. The lowest BCUT2D eigenvalue weighted by atomic mass is 10.1. The minimum Gasteiger partial charge on any atom is -0.342 e. The van der Waals surface area contributed by atoms with Gasteiger partial charge in [0.05, 0.1) is 17.1 Å². The average molecular weight is 384 g/mol. The van der Waals surface area contributed by atoms with E-state index in [-0.39, 0.29) is 11.8 Å².